The Bertz CT molecular complexity index is 655. The molecule has 0 spiro atoms. The molecule has 1 aromatic rings. The molecule has 1 N–H and O–H groups in total. The number of nitro benzene ring substituents is 1. The number of ether oxygens (including phenoxy) is 2. The van der Waals surface area contributed by atoms with Gasteiger partial charge in [0.2, 0.25) is 0 Å². The maximum absolute atomic E-state index is 12.3. The average molecular weight is 377 g/mol. The van der Waals surface area contributed by atoms with Gasteiger partial charge in [-0.05, 0) is 44.2 Å². The zero-order chi connectivity index (χ0) is 19.1. The van der Waals surface area contributed by atoms with Crippen LogP contribution in [-0.4, -0.2) is 56.4 Å². The number of anilines is 1. The molecule has 0 bridgehead atoms. The summed E-state index contributed by atoms with van der Waals surface area (Å²) in [6.45, 7) is 4.06. The van der Waals surface area contributed by atoms with Crippen LogP contribution < -0.4 is 10.2 Å². The molecule has 2 fully saturated rings. The van der Waals surface area contributed by atoms with E-state index in [9.17, 15) is 14.9 Å². The Balaban J connectivity index is 1.46. The largest absolute Gasteiger partial charge is 0.379 e. The minimum atomic E-state index is -0.413. The molecule has 3 rings (SSSR count). The minimum Gasteiger partial charge on any atom is -0.379 e. The molecule has 8 nitrogen and oxygen atoms in total. The third-order valence-electron chi connectivity index (χ3n) is 4.96. The van der Waals surface area contributed by atoms with E-state index < -0.39 is 4.92 Å². The van der Waals surface area contributed by atoms with Gasteiger partial charge in [0, 0.05) is 44.5 Å². The topological polar surface area (TPSA) is 93.9 Å². The molecule has 27 heavy (non-hydrogen) atoms. The van der Waals surface area contributed by atoms with Crippen molar-refractivity contribution >= 4 is 17.3 Å². The Morgan fingerprint density at radius 2 is 2.15 bits per heavy atom. The fourth-order valence-electron chi connectivity index (χ4n) is 3.51. The van der Waals surface area contributed by atoms with E-state index in [1.807, 2.05) is 4.90 Å². The molecule has 148 valence electrons. The second-order valence-electron chi connectivity index (χ2n) is 6.97. The molecule has 0 aliphatic carbocycles. The van der Waals surface area contributed by atoms with Gasteiger partial charge in [0.15, 0.2) is 0 Å². The van der Waals surface area contributed by atoms with Gasteiger partial charge >= 0.3 is 0 Å². The van der Waals surface area contributed by atoms with E-state index in [0.29, 0.717) is 37.4 Å². The van der Waals surface area contributed by atoms with Gasteiger partial charge in [0.25, 0.3) is 11.6 Å². The Morgan fingerprint density at radius 3 is 2.85 bits per heavy atom. The second kappa shape index (κ2) is 9.66. The SMILES string of the molecule is O=C(NCCCOCC1CCCO1)c1ccc(N2CCCC2)c([N+](=O)[O-])c1. The molecule has 1 aromatic carbocycles. The first kappa shape index (κ1) is 19.6. The van der Waals surface area contributed by atoms with Gasteiger partial charge in [0.1, 0.15) is 5.69 Å². The van der Waals surface area contributed by atoms with Crippen LogP contribution in [0.15, 0.2) is 18.2 Å². The summed E-state index contributed by atoms with van der Waals surface area (Å²) in [5.74, 6) is -0.301. The Hall–Kier alpha value is -2.19. The first-order valence-corrected chi connectivity index (χ1v) is 9.66. The quantitative estimate of drug-likeness (QED) is 0.404. The van der Waals surface area contributed by atoms with Crippen LogP contribution in [0.1, 0.15) is 42.5 Å². The maximum Gasteiger partial charge on any atom is 0.293 e. The van der Waals surface area contributed by atoms with Gasteiger partial charge < -0.3 is 19.7 Å². The maximum atomic E-state index is 12.3. The highest BCUT2D eigenvalue weighted by Gasteiger charge is 2.23. The normalized spacial score (nSPS) is 19.4. The van der Waals surface area contributed by atoms with Crippen molar-refractivity contribution in [3.05, 3.63) is 33.9 Å². The molecule has 2 aliphatic rings. The lowest BCUT2D eigenvalue weighted by Gasteiger charge is -2.17. The van der Waals surface area contributed by atoms with Crippen LogP contribution in [0.4, 0.5) is 11.4 Å². The first-order valence-electron chi connectivity index (χ1n) is 9.66. The molecule has 1 amide bonds. The first-order chi connectivity index (χ1) is 13.1. The van der Waals surface area contributed by atoms with Crippen LogP contribution >= 0.6 is 0 Å². The van der Waals surface area contributed by atoms with Gasteiger partial charge in [0.05, 0.1) is 17.6 Å². The monoisotopic (exact) mass is 377 g/mol. The zero-order valence-corrected chi connectivity index (χ0v) is 15.5. The van der Waals surface area contributed by atoms with Crippen LogP contribution in [0.5, 0.6) is 0 Å². The van der Waals surface area contributed by atoms with Gasteiger partial charge in [-0.2, -0.15) is 0 Å². The Morgan fingerprint density at radius 1 is 1.33 bits per heavy atom. The number of hydrogen-bond acceptors (Lipinski definition) is 6. The Kier molecular flexibility index (Phi) is 7.00. The fraction of sp³-hybridized carbons (Fsp3) is 0.632. The highest BCUT2D eigenvalue weighted by molar-refractivity contribution is 5.95. The van der Waals surface area contributed by atoms with Crippen LogP contribution in [0.25, 0.3) is 0 Å². The highest BCUT2D eigenvalue weighted by Crippen LogP contribution is 2.31. The molecular weight excluding hydrogens is 350 g/mol. The molecule has 0 aromatic heterocycles. The summed E-state index contributed by atoms with van der Waals surface area (Å²) in [7, 11) is 0. The summed E-state index contributed by atoms with van der Waals surface area (Å²) in [5.41, 5.74) is 0.894. The lowest BCUT2D eigenvalue weighted by Crippen LogP contribution is -2.26. The van der Waals surface area contributed by atoms with Gasteiger partial charge in [-0.15, -0.1) is 0 Å². The number of amides is 1. The van der Waals surface area contributed by atoms with E-state index >= 15 is 0 Å². The smallest absolute Gasteiger partial charge is 0.293 e. The summed E-state index contributed by atoms with van der Waals surface area (Å²) in [5, 5.41) is 14.2. The standard InChI is InChI=1S/C19H27N3O5/c23-19(20-8-4-11-26-14-16-5-3-12-27-16)15-6-7-17(18(13-15)22(24)25)21-9-1-2-10-21/h6-7,13,16H,1-5,8-12,14H2,(H,20,23). The molecule has 0 saturated carbocycles. The van der Waals surface area contributed by atoms with Gasteiger partial charge in [-0.3, -0.25) is 14.9 Å². The number of hydrogen-bond donors (Lipinski definition) is 1. The third-order valence-corrected chi connectivity index (χ3v) is 4.96. The van der Waals surface area contributed by atoms with Crippen molar-refractivity contribution in [2.24, 2.45) is 0 Å². The van der Waals surface area contributed by atoms with Crippen LogP contribution in [0.3, 0.4) is 0 Å². The minimum absolute atomic E-state index is 0.00977. The van der Waals surface area contributed by atoms with Gasteiger partial charge in [-0.25, -0.2) is 0 Å². The molecular formula is C19H27N3O5. The van der Waals surface area contributed by atoms with E-state index in [0.717, 1.165) is 45.4 Å². The second-order valence-corrected chi connectivity index (χ2v) is 6.97. The van der Waals surface area contributed by atoms with Crippen molar-refractivity contribution in [3.8, 4) is 0 Å². The number of carbonyl (C=O) groups is 1. The van der Waals surface area contributed by atoms with Crippen molar-refractivity contribution in [3.63, 3.8) is 0 Å². The van der Waals surface area contributed by atoms with Crippen LogP contribution in [0, 0.1) is 10.1 Å². The number of nitrogens with zero attached hydrogens (tertiary/aromatic N) is 2. The van der Waals surface area contributed by atoms with E-state index in [2.05, 4.69) is 5.32 Å². The van der Waals surface area contributed by atoms with Crippen molar-refractivity contribution in [1.82, 2.24) is 5.32 Å². The number of nitrogens with one attached hydrogen (secondary N) is 1. The number of benzene rings is 1. The lowest BCUT2D eigenvalue weighted by atomic mass is 10.1. The highest BCUT2D eigenvalue weighted by atomic mass is 16.6. The van der Waals surface area contributed by atoms with E-state index in [4.69, 9.17) is 9.47 Å². The van der Waals surface area contributed by atoms with Crippen molar-refractivity contribution in [2.45, 2.75) is 38.2 Å². The van der Waals surface area contributed by atoms with Crippen molar-refractivity contribution in [1.29, 1.82) is 0 Å². The Labute approximate surface area is 159 Å². The average Bonchev–Trinajstić information content (AvgIpc) is 3.37. The third kappa shape index (κ3) is 5.40. The summed E-state index contributed by atoms with van der Waals surface area (Å²) in [4.78, 5) is 25.3. The molecule has 2 aliphatic heterocycles. The molecule has 0 radical (unpaired) electrons. The molecule has 8 heteroatoms. The molecule has 1 unspecified atom stereocenters. The van der Waals surface area contributed by atoms with Gasteiger partial charge in [-0.1, -0.05) is 0 Å². The lowest BCUT2D eigenvalue weighted by molar-refractivity contribution is -0.384. The van der Waals surface area contributed by atoms with Crippen LogP contribution in [-0.2, 0) is 9.47 Å². The molecule has 2 saturated heterocycles. The number of carbonyl (C=O) groups excluding carboxylic acids is 1. The van der Waals surface area contributed by atoms with E-state index in [1.165, 1.54) is 6.07 Å². The summed E-state index contributed by atoms with van der Waals surface area (Å²) in [6, 6.07) is 4.71. The molecule has 1 atom stereocenters. The van der Waals surface area contributed by atoms with Crippen molar-refractivity contribution in [2.75, 3.05) is 44.4 Å². The van der Waals surface area contributed by atoms with E-state index in [-0.39, 0.29) is 17.7 Å². The predicted octanol–water partition coefficient (Wildman–Crippen LogP) is 2.51. The zero-order valence-electron chi connectivity index (χ0n) is 15.5. The summed E-state index contributed by atoms with van der Waals surface area (Å²) < 4.78 is 11.0. The molecule has 2 heterocycles. The predicted molar refractivity (Wildman–Crippen MR) is 101 cm³/mol. The van der Waals surface area contributed by atoms with E-state index in [1.54, 1.807) is 12.1 Å². The summed E-state index contributed by atoms with van der Waals surface area (Å²) in [6.07, 6.45) is 5.10. The number of rotatable bonds is 9. The number of nitro groups is 1. The van der Waals surface area contributed by atoms with Crippen molar-refractivity contribution < 1.29 is 19.2 Å². The fourth-order valence-corrected chi connectivity index (χ4v) is 3.51. The van der Waals surface area contributed by atoms with Crippen LogP contribution in [0.2, 0.25) is 0 Å². The summed E-state index contributed by atoms with van der Waals surface area (Å²) >= 11 is 0.